The predicted molar refractivity (Wildman–Crippen MR) is 71.4 cm³/mol. The number of carbonyl (C=O) groups excluding carboxylic acids is 2. The van der Waals surface area contributed by atoms with Crippen molar-refractivity contribution in [2.45, 2.75) is 12.2 Å². The minimum atomic E-state index is -1.27. The van der Waals surface area contributed by atoms with Crippen LogP contribution in [0.4, 0.5) is 5.69 Å². The van der Waals surface area contributed by atoms with Gasteiger partial charge in [0, 0.05) is 11.9 Å². The molecule has 4 atom stereocenters. The van der Waals surface area contributed by atoms with Crippen LogP contribution < -0.4 is 15.2 Å². The molecule has 0 unspecified atom stereocenters. The number of carboxylic acids is 1. The summed E-state index contributed by atoms with van der Waals surface area (Å²) in [6.07, 6.45) is 2.27. The monoisotopic (exact) mass is 288 g/mol. The van der Waals surface area contributed by atoms with E-state index in [-0.39, 0.29) is 0 Å². The van der Waals surface area contributed by atoms with E-state index in [1.165, 1.54) is 7.11 Å². The quantitative estimate of drug-likeness (QED) is 0.785. The molecule has 2 aliphatic rings. The van der Waals surface area contributed by atoms with Crippen LogP contribution >= 0.6 is 0 Å². The first-order valence-corrected chi connectivity index (χ1v) is 6.60. The Labute approximate surface area is 121 Å². The Kier molecular flexibility index (Phi) is 3.39. The van der Waals surface area contributed by atoms with Gasteiger partial charge in [0.05, 0.1) is 30.9 Å². The topological polar surface area (TPSA) is 87.7 Å². The first-order valence-electron chi connectivity index (χ1n) is 6.60. The molecule has 1 aromatic rings. The summed E-state index contributed by atoms with van der Waals surface area (Å²) in [6.45, 7) is 0. The number of benzene rings is 1. The van der Waals surface area contributed by atoms with Crippen molar-refractivity contribution in [3.63, 3.8) is 0 Å². The lowest BCUT2D eigenvalue weighted by Crippen LogP contribution is -2.45. The molecule has 1 fully saturated rings. The zero-order valence-corrected chi connectivity index (χ0v) is 11.3. The molecule has 0 aliphatic carbocycles. The number of methoxy groups -OCH3 is 1. The number of fused-ring (bicyclic) bond motifs is 2. The van der Waals surface area contributed by atoms with Crippen LogP contribution in [0.3, 0.4) is 0 Å². The first-order chi connectivity index (χ1) is 10.1. The van der Waals surface area contributed by atoms with Gasteiger partial charge in [-0.2, -0.15) is 0 Å². The fraction of sp³-hybridized carbons (Fsp3) is 0.333. The van der Waals surface area contributed by atoms with Crippen molar-refractivity contribution in [3.05, 3.63) is 36.4 Å². The van der Waals surface area contributed by atoms with Crippen molar-refractivity contribution >= 4 is 17.6 Å². The van der Waals surface area contributed by atoms with Crippen molar-refractivity contribution in [2.75, 3.05) is 12.4 Å². The second-order valence-electron chi connectivity index (χ2n) is 5.01. The van der Waals surface area contributed by atoms with E-state index in [1.54, 1.807) is 36.4 Å². The maximum Gasteiger partial charge on any atom is 0.231 e. The summed E-state index contributed by atoms with van der Waals surface area (Å²) in [5.74, 6) is -2.93. The fourth-order valence-corrected chi connectivity index (χ4v) is 2.87. The smallest absolute Gasteiger partial charge is 0.231 e. The average molecular weight is 288 g/mol. The van der Waals surface area contributed by atoms with Crippen molar-refractivity contribution in [3.8, 4) is 5.75 Å². The van der Waals surface area contributed by atoms with E-state index < -0.39 is 35.9 Å². The Bertz CT molecular complexity index is 612. The zero-order valence-electron chi connectivity index (χ0n) is 11.3. The lowest BCUT2D eigenvalue weighted by atomic mass is 9.82. The molecule has 2 aliphatic heterocycles. The number of aliphatic carboxylic acids is 1. The number of ether oxygens (including phenoxy) is 2. The third kappa shape index (κ3) is 2.27. The molecule has 6 heteroatoms. The molecule has 1 aromatic carbocycles. The van der Waals surface area contributed by atoms with E-state index in [4.69, 9.17) is 9.47 Å². The predicted octanol–water partition coefficient (Wildman–Crippen LogP) is -0.0468. The molecule has 1 amide bonds. The fourth-order valence-electron chi connectivity index (χ4n) is 2.87. The number of nitrogens with one attached hydrogen (secondary N) is 1. The summed E-state index contributed by atoms with van der Waals surface area (Å²) in [5.41, 5.74) is 0.494. The van der Waals surface area contributed by atoms with Crippen LogP contribution in [0.5, 0.6) is 5.75 Å². The average Bonchev–Trinajstić information content (AvgIpc) is 3.08. The van der Waals surface area contributed by atoms with E-state index in [2.05, 4.69) is 5.32 Å². The molecule has 110 valence electrons. The second-order valence-corrected chi connectivity index (χ2v) is 5.01. The normalized spacial score (nSPS) is 29.4. The number of carbonyl (C=O) groups is 2. The van der Waals surface area contributed by atoms with Gasteiger partial charge in [-0.1, -0.05) is 24.3 Å². The zero-order chi connectivity index (χ0) is 15.0. The van der Waals surface area contributed by atoms with Crippen LogP contribution in [-0.4, -0.2) is 31.2 Å². The van der Waals surface area contributed by atoms with E-state index in [0.29, 0.717) is 11.4 Å². The largest absolute Gasteiger partial charge is 0.550 e. The Morgan fingerprint density at radius 3 is 2.52 bits per heavy atom. The van der Waals surface area contributed by atoms with E-state index in [1.807, 2.05) is 0 Å². The van der Waals surface area contributed by atoms with Crippen LogP contribution in [0.25, 0.3) is 0 Å². The Hall–Kier alpha value is -2.34. The molecule has 0 radical (unpaired) electrons. The third-order valence-electron chi connectivity index (χ3n) is 3.84. The van der Waals surface area contributed by atoms with Gasteiger partial charge in [-0.15, -0.1) is 0 Å². The third-order valence-corrected chi connectivity index (χ3v) is 3.84. The minimum absolute atomic E-state index is 0.412. The lowest BCUT2D eigenvalue weighted by molar-refractivity contribution is -0.313. The van der Waals surface area contributed by atoms with E-state index in [9.17, 15) is 14.7 Å². The molecule has 21 heavy (non-hydrogen) atoms. The van der Waals surface area contributed by atoms with Gasteiger partial charge >= 0.3 is 0 Å². The number of anilines is 1. The molecule has 0 saturated carbocycles. The summed E-state index contributed by atoms with van der Waals surface area (Å²) in [7, 11) is 1.50. The molecule has 1 N–H and O–H groups in total. The molecule has 3 rings (SSSR count). The van der Waals surface area contributed by atoms with Crippen molar-refractivity contribution < 1.29 is 24.2 Å². The SMILES string of the molecule is COc1ccccc1NC(=O)[C@H]1[C@@H](C(=O)[O-])[C@H]2C=C[C@@H]1O2. The number of rotatable bonds is 4. The number of hydrogen-bond acceptors (Lipinski definition) is 5. The van der Waals surface area contributed by atoms with Crippen molar-refractivity contribution in [2.24, 2.45) is 11.8 Å². The summed E-state index contributed by atoms with van der Waals surface area (Å²) < 4.78 is 10.6. The van der Waals surface area contributed by atoms with E-state index in [0.717, 1.165) is 0 Å². The molecular formula is C15H14NO5-. The van der Waals surface area contributed by atoms with Crippen molar-refractivity contribution in [1.29, 1.82) is 0 Å². The highest BCUT2D eigenvalue weighted by Crippen LogP contribution is 2.39. The number of para-hydroxylation sites is 2. The van der Waals surface area contributed by atoms with E-state index >= 15 is 0 Å². The number of carboxylic acid groups (broad SMARTS) is 1. The van der Waals surface area contributed by atoms with Crippen LogP contribution in [0.15, 0.2) is 36.4 Å². The summed E-state index contributed by atoms with van der Waals surface area (Å²) in [5, 5.41) is 14.0. The van der Waals surface area contributed by atoms with Gasteiger partial charge in [0.1, 0.15) is 5.75 Å². The van der Waals surface area contributed by atoms with Crippen molar-refractivity contribution in [1.82, 2.24) is 0 Å². The summed E-state index contributed by atoms with van der Waals surface area (Å²) in [4.78, 5) is 23.7. The highest BCUT2D eigenvalue weighted by molar-refractivity contribution is 5.97. The van der Waals surface area contributed by atoms with Gasteiger partial charge in [-0.05, 0) is 12.1 Å². The summed E-state index contributed by atoms with van der Waals surface area (Å²) >= 11 is 0. The molecular weight excluding hydrogens is 274 g/mol. The highest BCUT2D eigenvalue weighted by Gasteiger charge is 2.50. The number of amides is 1. The molecule has 6 nitrogen and oxygen atoms in total. The number of hydrogen-bond donors (Lipinski definition) is 1. The van der Waals surface area contributed by atoms with Gasteiger partial charge in [-0.3, -0.25) is 4.79 Å². The molecule has 1 saturated heterocycles. The first kappa shape index (κ1) is 13.6. The van der Waals surface area contributed by atoms with Gasteiger partial charge in [-0.25, -0.2) is 0 Å². The molecule has 0 spiro atoms. The van der Waals surface area contributed by atoms with Gasteiger partial charge < -0.3 is 24.7 Å². The Morgan fingerprint density at radius 1 is 1.19 bits per heavy atom. The van der Waals surface area contributed by atoms with Crippen LogP contribution in [0.1, 0.15) is 0 Å². The lowest BCUT2D eigenvalue weighted by Gasteiger charge is -2.25. The van der Waals surface area contributed by atoms with Crippen LogP contribution in [-0.2, 0) is 14.3 Å². The Morgan fingerprint density at radius 2 is 1.86 bits per heavy atom. The minimum Gasteiger partial charge on any atom is -0.550 e. The Balaban J connectivity index is 1.82. The highest BCUT2D eigenvalue weighted by atomic mass is 16.5. The molecule has 2 heterocycles. The molecule has 0 aromatic heterocycles. The standard InChI is InChI=1S/C15H15NO5/c1-20-9-5-3-2-4-8(9)16-14(17)12-10-6-7-11(21-10)13(12)15(18)19/h2-7,10-13H,1H3,(H,16,17)(H,18,19)/p-1/t10-,11+,12+,13-/m0/s1. The van der Waals surface area contributed by atoms with Gasteiger partial charge in [0.15, 0.2) is 0 Å². The summed E-state index contributed by atoms with van der Waals surface area (Å²) in [6, 6.07) is 6.94. The maximum atomic E-state index is 12.4. The van der Waals surface area contributed by atoms with Gasteiger partial charge in [0.25, 0.3) is 0 Å². The second kappa shape index (κ2) is 5.21. The van der Waals surface area contributed by atoms with Crippen LogP contribution in [0, 0.1) is 11.8 Å². The maximum absolute atomic E-state index is 12.4. The molecule has 2 bridgehead atoms. The van der Waals surface area contributed by atoms with Gasteiger partial charge in [0.2, 0.25) is 5.91 Å². The van der Waals surface area contributed by atoms with Crippen LogP contribution in [0.2, 0.25) is 0 Å².